The number of hydrogen-bond donors (Lipinski definition) is 0. The van der Waals surface area contributed by atoms with Gasteiger partial charge in [0.25, 0.3) is 0 Å². The summed E-state index contributed by atoms with van der Waals surface area (Å²) in [4.78, 5) is 15.9. The van der Waals surface area contributed by atoms with Crippen LogP contribution in [-0.4, -0.2) is 20.1 Å². The fourth-order valence-corrected chi connectivity index (χ4v) is 1.75. The Kier molecular flexibility index (Phi) is 1.86. The highest BCUT2D eigenvalue weighted by Gasteiger charge is 2.09. The van der Waals surface area contributed by atoms with Crippen molar-refractivity contribution in [1.29, 1.82) is 0 Å². The van der Waals surface area contributed by atoms with E-state index in [1.807, 2.05) is 30.3 Å². The Balaban J connectivity index is 2.16. The monoisotopic (exact) mass is 211 g/mol. The van der Waals surface area contributed by atoms with Crippen LogP contribution in [0.3, 0.4) is 0 Å². The normalized spacial score (nSPS) is 10.8. The number of nitrogens with zero attached hydrogens (tertiary/aromatic N) is 3. The first kappa shape index (κ1) is 8.91. The molecule has 0 aliphatic heterocycles. The lowest BCUT2D eigenvalue weighted by molar-refractivity contribution is 0.244. The molecule has 2 aromatic heterocycles. The Morgan fingerprint density at radius 1 is 1.12 bits per heavy atom. The van der Waals surface area contributed by atoms with E-state index in [1.54, 1.807) is 23.2 Å². The van der Waals surface area contributed by atoms with Crippen molar-refractivity contribution in [2.75, 3.05) is 0 Å². The summed E-state index contributed by atoms with van der Waals surface area (Å²) in [5.41, 5.74) is 0.904. The standard InChI is InChI=1S/C12H9N3O/c16-12(14-8-6-13-9-14)15-7-5-10-3-1-2-4-11(10)15/h1-9H. The molecule has 0 saturated heterocycles. The lowest BCUT2D eigenvalue weighted by Crippen LogP contribution is -2.16. The molecule has 2 heterocycles. The van der Waals surface area contributed by atoms with Gasteiger partial charge in [0.1, 0.15) is 6.33 Å². The van der Waals surface area contributed by atoms with Crippen LogP contribution in [-0.2, 0) is 0 Å². The summed E-state index contributed by atoms with van der Waals surface area (Å²) in [6.45, 7) is 0. The second kappa shape index (κ2) is 3.34. The van der Waals surface area contributed by atoms with Crippen LogP contribution in [0.2, 0.25) is 0 Å². The highest BCUT2D eigenvalue weighted by atomic mass is 16.2. The molecule has 4 heteroatoms. The van der Waals surface area contributed by atoms with Gasteiger partial charge in [0, 0.05) is 24.0 Å². The molecule has 0 bridgehead atoms. The quantitative estimate of drug-likeness (QED) is 0.572. The maximum absolute atomic E-state index is 12.1. The van der Waals surface area contributed by atoms with E-state index >= 15 is 0 Å². The summed E-state index contributed by atoms with van der Waals surface area (Å²) >= 11 is 0. The zero-order chi connectivity index (χ0) is 11.0. The molecule has 0 saturated carbocycles. The first-order valence-electron chi connectivity index (χ1n) is 4.95. The molecule has 0 unspecified atom stereocenters. The van der Waals surface area contributed by atoms with Crippen LogP contribution in [0.15, 0.2) is 55.2 Å². The lowest BCUT2D eigenvalue weighted by Gasteiger charge is -2.03. The minimum Gasteiger partial charge on any atom is -0.269 e. The molecule has 4 nitrogen and oxygen atoms in total. The van der Waals surface area contributed by atoms with E-state index in [4.69, 9.17) is 0 Å². The number of rotatable bonds is 0. The smallest absolute Gasteiger partial charge is 0.269 e. The molecule has 0 spiro atoms. The van der Waals surface area contributed by atoms with Crippen LogP contribution in [0.25, 0.3) is 10.9 Å². The van der Waals surface area contributed by atoms with E-state index in [0.29, 0.717) is 0 Å². The van der Waals surface area contributed by atoms with Crippen LogP contribution >= 0.6 is 0 Å². The third-order valence-electron chi connectivity index (χ3n) is 2.53. The number of carbonyl (C=O) groups excluding carboxylic acids is 1. The molecule has 0 aliphatic carbocycles. The molecule has 16 heavy (non-hydrogen) atoms. The van der Waals surface area contributed by atoms with Gasteiger partial charge in [-0.2, -0.15) is 0 Å². The summed E-state index contributed by atoms with van der Waals surface area (Å²) < 4.78 is 3.06. The molecular formula is C12H9N3O. The second-order valence-electron chi connectivity index (χ2n) is 3.50. The van der Waals surface area contributed by atoms with Crippen LogP contribution in [0.1, 0.15) is 0 Å². The Morgan fingerprint density at radius 2 is 2.00 bits per heavy atom. The van der Waals surface area contributed by atoms with Crippen LogP contribution in [0, 0.1) is 0 Å². The summed E-state index contributed by atoms with van der Waals surface area (Å²) in [5, 5.41) is 1.05. The summed E-state index contributed by atoms with van der Waals surface area (Å²) in [5.74, 6) is 0. The predicted molar refractivity (Wildman–Crippen MR) is 60.4 cm³/mol. The van der Waals surface area contributed by atoms with Crippen molar-refractivity contribution in [2.24, 2.45) is 0 Å². The van der Waals surface area contributed by atoms with E-state index in [1.165, 1.54) is 10.9 Å². The van der Waals surface area contributed by atoms with Gasteiger partial charge in [-0.15, -0.1) is 0 Å². The van der Waals surface area contributed by atoms with Gasteiger partial charge < -0.3 is 0 Å². The van der Waals surface area contributed by atoms with Crippen LogP contribution < -0.4 is 0 Å². The molecule has 3 aromatic rings. The summed E-state index contributed by atoms with van der Waals surface area (Å²) in [7, 11) is 0. The molecular weight excluding hydrogens is 202 g/mol. The highest BCUT2D eigenvalue weighted by Crippen LogP contribution is 2.15. The molecule has 3 rings (SSSR count). The van der Waals surface area contributed by atoms with Crippen molar-refractivity contribution >= 4 is 16.9 Å². The Hall–Kier alpha value is -2.36. The Morgan fingerprint density at radius 3 is 2.81 bits per heavy atom. The van der Waals surface area contributed by atoms with Crippen LogP contribution in [0.4, 0.5) is 4.79 Å². The van der Waals surface area contributed by atoms with E-state index in [-0.39, 0.29) is 6.03 Å². The zero-order valence-corrected chi connectivity index (χ0v) is 8.45. The molecule has 0 amide bonds. The largest absolute Gasteiger partial charge is 0.338 e. The maximum atomic E-state index is 12.1. The number of carbonyl (C=O) groups is 1. The molecule has 0 N–H and O–H groups in total. The molecule has 0 radical (unpaired) electrons. The van der Waals surface area contributed by atoms with Gasteiger partial charge in [-0.1, -0.05) is 18.2 Å². The van der Waals surface area contributed by atoms with Gasteiger partial charge >= 0.3 is 6.03 Å². The number of benzene rings is 1. The fourth-order valence-electron chi connectivity index (χ4n) is 1.75. The predicted octanol–water partition coefficient (Wildman–Crippen LogP) is 2.35. The molecule has 1 aromatic carbocycles. The first-order valence-corrected chi connectivity index (χ1v) is 4.95. The van der Waals surface area contributed by atoms with Crippen molar-refractivity contribution in [3.63, 3.8) is 0 Å². The molecule has 0 fully saturated rings. The second-order valence-corrected chi connectivity index (χ2v) is 3.50. The van der Waals surface area contributed by atoms with Crippen molar-refractivity contribution in [1.82, 2.24) is 14.1 Å². The van der Waals surface area contributed by atoms with Gasteiger partial charge in [-0.05, 0) is 12.1 Å². The average Bonchev–Trinajstić information content (AvgIpc) is 2.98. The van der Waals surface area contributed by atoms with E-state index in [2.05, 4.69) is 4.98 Å². The topological polar surface area (TPSA) is 39.8 Å². The number of hydrogen-bond acceptors (Lipinski definition) is 2. The minimum absolute atomic E-state index is 0.126. The van der Waals surface area contributed by atoms with Crippen LogP contribution in [0.5, 0.6) is 0 Å². The van der Waals surface area contributed by atoms with Gasteiger partial charge in [0.05, 0.1) is 5.52 Å². The maximum Gasteiger partial charge on any atom is 0.338 e. The number of para-hydroxylation sites is 1. The summed E-state index contributed by atoms with van der Waals surface area (Å²) in [6, 6.07) is 9.56. The zero-order valence-electron chi connectivity index (χ0n) is 8.45. The molecule has 0 atom stereocenters. The number of fused-ring (bicyclic) bond motifs is 1. The first-order chi connectivity index (χ1) is 7.86. The van der Waals surface area contributed by atoms with Gasteiger partial charge in [-0.3, -0.25) is 9.13 Å². The highest BCUT2D eigenvalue weighted by molar-refractivity contribution is 5.92. The molecule has 78 valence electrons. The Bertz CT molecular complexity index is 637. The molecule has 0 aliphatic rings. The lowest BCUT2D eigenvalue weighted by atomic mass is 10.2. The number of imidazole rings is 1. The third kappa shape index (κ3) is 1.24. The minimum atomic E-state index is -0.126. The SMILES string of the molecule is O=C(n1ccnc1)n1ccc2ccccc21. The van der Waals surface area contributed by atoms with Crippen molar-refractivity contribution in [3.05, 3.63) is 55.2 Å². The fraction of sp³-hybridized carbons (Fsp3) is 0. The van der Waals surface area contributed by atoms with E-state index in [9.17, 15) is 4.79 Å². The van der Waals surface area contributed by atoms with E-state index < -0.39 is 0 Å². The number of aromatic nitrogens is 3. The Labute approximate surface area is 91.8 Å². The average molecular weight is 211 g/mol. The van der Waals surface area contributed by atoms with Gasteiger partial charge in [0.15, 0.2) is 0 Å². The van der Waals surface area contributed by atoms with Gasteiger partial charge in [0.2, 0.25) is 0 Å². The summed E-state index contributed by atoms with van der Waals surface area (Å²) in [6.07, 6.45) is 6.49. The van der Waals surface area contributed by atoms with Crippen molar-refractivity contribution < 1.29 is 4.79 Å². The third-order valence-corrected chi connectivity index (χ3v) is 2.53. The van der Waals surface area contributed by atoms with Crippen molar-refractivity contribution in [3.8, 4) is 0 Å². The van der Waals surface area contributed by atoms with Crippen molar-refractivity contribution in [2.45, 2.75) is 0 Å². The van der Waals surface area contributed by atoms with E-state index in [0.717, 1.165) is 10.9 Å². The van der Waals surface area contributed by atoms with Gasteiger partial charge in [-0.25, -0.2) is 9.78 Å².